The number of hydrogen-bond donors (Lipinski definition) is 1. The molecule has 1 amide bonds. The first-order chi connectivity index (χ1) is 14.8. The molecule has 0 atom stereocenters. The number of aromatic carboxylic acids is 1. The van der Waals surface area contributed by atoms with Gasteiger partial charge in [0.25, 0.3) is 5.91 Å². The lowest BCUT2D eigenvalue weighted by atomic mass is 10.2. The second kappa shape index (κ2) is 8.13. The predicted octanol–water partition coefficient (Wildman–Crippen LogP) is 5.34. The van der Waals surface area contributed by atoms with E-state index in [0.717, 1.165) is 34.4 Å². The second-order valence-corrected chi connectivity index (χ2v) is 8.66. The Balaban J connectivity index is 1.69. The van der Waals surface area contributed by atoms with Gasteiger partial charge < -0.3 is 9.67 Å². The fraction of sp³-hybridized carbons (Fsp3) is 0.0870. The van der Waals surface area contributed by atoms with Gasteiger partial charge in [-0.05, 0) is 68.0 Å². The number of benzene rings is 2. The second-order valence-electron chi connectivity index (χ2n) is 6.98. The molecule has 1 fully saturated rings. The van der Waals surface area contributed by atoms with Gasteiger partial charge in [0.05, 0.1) is 16.2 Å². The van der Waals surface area contributed by atoms with Crippen LogP contribution in [-0.4, -0.2) is 25.9 Å². The van der Waals surface area contributed by atoms with Crippen LogP contribution < -0.4 is 4.90 Å². The normalized spacial score (nSPS) is 15.2. The summed E-state index contributed by atoms with van der Waals surface area (Å²) < 4.78 is 16.5. The van der Waals surface area contributed by atoms with E-state index in [0.29, 0.717) is 4.91 Å². The van der Waals surface area contributed by atoms with E-state index >= 15 is 0 Å². The molecule has 0 unspecified atom stereocenters. The van der Waals surface area contributed by atoms with Crippen molar-refractivity contribution in [1.29, 1.82) is 0 Å². The number of thiocarbonyl (C=S) groups is 1. The van der Waals surface area contributed by atoms with Crippen molar-refractivity contribution < 1.29 is 19.1 Å². The molecule has 4 rings (SSSR count). The summed E-state index contributed by atoms with van der Waals surface area (Å²) in [4.78, 5) is 25.7. The van der Waals surface area contributed by atoms with Crippen LogP contribution in [0.15, 0.2) is 59.5 Å². The van der Waals surface area contributed by atoms with E-state index in [9.17, 15) is 14.0 Å². The number of anilines is 1. The van der Waals surface area contributed by atoms with Crippen molar-refractivity contribution in [1.82, 2.24) is 4.57 Å². The third-order valence-electron chi connectivity index (χ3n) is 5.02. The highest BCUT2D eigenvalue weighted by atomic mass is 32.2. The maximum atomic E-state index is 14.2. The minimum atomic E-state index is -0.981. The summed E-state index contributed by atoms with van der Waals surface area (Å²) in [5, 5.41) is 9.10. The van der Waals surface area contributed by atoms with E-state index in [-0.39, 0.29) is 21.5 Å². The zero-order valence-corrected chi connectivity index (χ0v) is 18.3. The average molecular weight is 453 g/mol. The van der Waals surface area contributed by atoms with Gasteiger partial charge in [0.2, 0.25) is 0 Å². The molecule has 0 radical (unpaired) electrons. The van der Waals surface area contributed by atoms with Crippen LogP contribution in [0.5, 0.6) is 0 Å². The number of hydrogen-bond acceptors (Lipinski definition) is 4. The van der Waals surface area contributed by atoms with Crippen LogP contribution in [0.1, 0.15) is 27.3 Å². The molecule has 2 heterocycles. The zero-order chi connectivity index (χ0) is 22.3. The average Bonchev–Trinajstić information content (AvgIpc) is 3.17. The lowest BCUT2D eigenvalue weighted by Crippen LogP contribution is -2.28. The Bertz CT molecular complexity index is 1260. The van der Waals surface area contributed by atoms with Crippen molar-refractivity contribution in [3.63, 3.8) is 0 Å². The van der Waals surface area contributed by atoms with Crippen molar-refractivity contribution in [3.8, 4) is 5.69 Å². The highest BCUT2D eigenvalue weighted by Crippen LogP contribution is 2.37. The van der Waals surface area contributed by atoms with Crippen molar-refractivity contribution in [2.75, 3.05) is 4.90 Å². The number of carboxylic acid groups (broad SMARTS) is 1. The Kier molecular flexibility index (Phi) is 5.51. The first-order valence-corrected chi connectivity index (χ1v) is 10.6. The van der Waals surface area contributed by atoms with E-state index in [4.69, 9.17) is 17.3 Å². The molecule has 0 aliphatic carbocycles. The molecule has 156 valence electrons. The van der Waals surface area contributed by atoms with Gasteiger partial charge in [-0.2, -0.15) is 0 Å². The summed E-state index contributed by atoms with van der Waals surface area (Å²) >= 11 is 6.47. The van der Waals surface area contributed by atoms with Crippen LogP contribution in [0.4, 0.5) is 10.1 Å². The standard InChI is InChI=1S/C23H17FN2O3S2/c1-13-11-16(14(2)25(13)17-9-7-15(8-10-17)22(28)29)12-20-21(27)26(23(30)31-20)19-6-4-3-5-18(19)24/h3-12H,1-2H3,(H,28,29)/b20-12-. The molecule has 0 bridgehead atoms. The van der Waals surface area contributed by atoms with Gasteiger partial charge in [-0.3, -0.25) is 9.69 Å². The van der Waals surface area contributed by atoms with Crippen LogP contribution in [0.2, 0.25) is 0 Å². The molecule has 3 aromatic rings. The number of carbonyl (C=O) groups excluding carboxylic acids is 1. The number of carboxylic acids is 1. The van der Waals surface area contributed by atoms with Crippen molar-refractivity contribution in [3.05, 3.63) is 87.8 Å². The highest BCUT2D eigenvalue weighted by molar-refractivity contribution is 8.27. The number of rotatable bonds is 4. The minimum Gasteiger partial charge on any atom is -0.478 e. The van der Waals surface area contributed by atoms with Gasteiger partial charge in [0, 0.05) is 17.1 Å². The third-order valence-corrected chi connectivity index (χ3v) is 6.32. The van der Waals surface area contributed by atoms with Crippen molar-refractivity contribution >= 4 is 51.9 Å². The van der Waals surface area contributed by atoms with Crippen LogP contribution >= 0.6 is 24.0 Å². The first kappa shape index (κ1) is 21.0. The molecule has 1 N–H and O–H groups in total. The number of halogens is 1. The lowest BCUT2D eigenvalue weighted by Gasteiger charge is -2.14. The van der Waals surface area contributed by atoms with E-state index < -0.39 is 11.8 Å². The molecule has 0 spiro atoms. The summed E-state index contributed by atoms with van der Waals surface area (Å²) in [6.45, 7) is 3.85. The molecule has 1 aliphatic rings. The van der Waals surface area contributed by atoms with Gasteiger partial charge >= 0.3 is 5.97 Å². The number of aryl methyl sites for hydroxylation is 1. The van der Waals surface area contributed by atoms with Gasteiger partial charge in [-0.1, -0.05) is 36.1 Å². The van der Waals surface area contributed by atoms with E-state index in [1.165, 1.54) is 17.0 Å². The van der Waals surface area contributed by atoms with Crippen LogP contribution in [-0.2, 0) is 4.79 Å². The Morgan fingerprint density at radius 3 is 2.45 bits per heavy atom. The number of aromatic nitrogens is 1. The van der Waals surface area contributed by atoms with Gasteiger partial charge in [-0.25, -0.2) is 9.18 Å². The third kappa shape index (κ3) is 3.80. The number of para-hydroxylation sites is 1. The van der Waals surface area contributed by atoms with Gasteiger partial charge in [0.1, 0.15) is 5.82 Å². The smallest absolute Gasteiger partial charge is 0.335 e. The molecular weight excluding hydrogens is 435 g/mol. The molecule has 1 aliphatic heterocycles. The van der Waals surface area contributed by atoms with E-state index in [1.807, 2.05) is 24.5 Å². The monoisotopic (exact) mass is 452 g/mol. The summed E-state index contributed by atoms with van der Waals surface area (Å²) in [5.74, 6) is -1.86. The zero-order valence-electron chi connectivity index (χ0n) is 16.6. The predicted molar refractivity (Wildman–Crippen MR) is 124 cm³/mol. The summed E-state index contributed by atoms with van der Waals surface area (Å²) in [7, 11) is 0. The van der Waals surface area contributed by atoms with Crippen LogP contribution in [0.3, 0.4) is 0 Å². The lowest BCUT2D eigenvalue weighted by molar-refractivity contribution is -0.113. The topological polar surface area (TPSA) is 62.5 Å². The summed E-state index contributed by atoms with van der Waals surface area (Å²) in [5.41, 5.74) is 3.81. The maximum Gasteiger partial charge on any atom is 0.335 e. The summed E-state index contributed by atoms with van der Waals surface area (Å²) in [6, 6.07) is 14.6. The molecule has 0 saturated carbocycles. The molecule has 2 aromatic carbocycles. The van der Waals surface area contributed by atoms with E-state index in [1.54, 1.807) is 42.5 Å². The molecule has 1 aromatic heterocycles. The Hall–Kier alpha value is -3.23. The van der Waals surface area contributed by atoms with Gasteiger partial charge in [0.15, 0.2) is 4.32 Å². The number of nitrogens with zero attached hydrogens (tertiary/aromatic N) is 2. The number of thioether (sulfide) groups is 1. The SMILES string of the molecule is Cc1cc(/C=C2\SC(=S)N(c3ccccc3F)C2=O)c(C)n1-c1ccc(C(=O)O)cc1. The molecular formula is C23H17FN2O3S2. The molecule has 8 heteroatoms. The maximum absolute atomic E-state index is 14.2. The summed E-state index contributed by atoms with van der Waals surface area (Å²) in [6.07, 6.45) is 1.75. The first-order valence-electron chi connectivity index (χ1n) is 9.33. The largest absolute Gasteiger partial charge is 0.478 e. The molecule has 1 saturated heterocycles. The van der Waals surface area contributed by atoms with Crippen LogP contribution in [0.25, 0.3) is 11.8 Å². The molecule has 5 nitrogen and oxygen atoms in total. The number of carbonyl (C=O) groups is 2. The fourth-order valence-corrected chi connectivity index (χ4v) is 4.81. The Morgan fingerprint density at radius 1 is 1.13 bits per heavy atom. The number of amides is 1. The van der Waals surface area contributed by atoms with Crippen molar-refractivity contribution in [2.24, 2.45) is 0 Å². The fourth-order valence-electron chi connectivity index (χ4n) is 3.53. The Labute approximate surface area is 187 Å². The highest BCUT2D eigenvalue weighted by Gasteiger charge is 2.34. The minimum absolute atomic E-state index is 0.136. The Morgan fingerprint density at radius 2 is 1.81 bits per heavy atom. The van der Waals surface area contributed by atoms with E-state index in [2.05, 4.69) is 0 Å². The molecule has 31 heavy (non-hydrogen) atoms. The van der Waals surface area contributed by atoms with Crippen LogP contribution in [0, 0.1) is 19.7 Å². The van der Waals surface area contributed by atoms with Crippen molar-refractivity contribution in [2.45, 2.75) is 13.8 Å². The van der Waals surface area contributed by atoms with Gasteiger partial charge in [-0.15, -0.1) is 0 Å². The quantitative estimate of drug-likeness (QED) is 0.428.